The number of nitrogens with one attached hydrogen (secondary N) is 1. The molecule has 0 amide bonds. The van der Waals surface area contributed by atoms with Crippen LogP contribution in [0.5, 0.6) is 17.2 Å². The number of hydrogen-bond donors (Lipinski definition) is 2. The fourth-order valence-electron chi connectivity index (χ4n) is 2.98. The molecule has 1 saturated carbocycles. The molecule has 1 fully saturated rings. The number of aliphatic hydroxyl groups is 1. The molecule has 6 nitrogen and oxygen atoms in total. The molecule has 0 saturated heterocycles. The van der Waals surface area contributed by atoms with E-state index >= 15 is 0 Å². The van der Waals surface area contributed by atoms with Gasteiger partial charge in [-0.3, -0.25) is 4.98 Å². The summed E-state index contributed by atoms with van der Waals surface area (Å²) in [6.07, 6.45) is 6.90. The highest BCUT2D eigenvalue weighted by Gasteiger charge is 2.39. The van der Waals surface area contributed by atoms with Crippen molar-refractivity contribution in [1.29, 1.82) is 0 Å². The van der Waals surface area contributed by atoms with E-state index in [0.29, 0.717) is 12.4 Å². The van der Waals surface area contributed by atoms with Crippen molar-refractivity contribution in [3.05, 3.63) is 48.8 Å². The van der Waals surface area contributed by atoms with E-state index in [2.05, 4.69) is 15.3 Å². The van der Waals surface area contributed by atoms with Gasteiger partial charge in [-0.15, -0.1) is 0 Å². The van der Waals surface area contributed by atoms with Crippen molar-refractivity contribution >= 4 is 16.7 Å². The van der Waals surface area contributed by atoms with Crippen LogP contribution in [0.1, 0.15) is 25.7 Å². The van der Waals surface area contributed by atoms with Gasteiger partial charge in [0, 0.05) is 24.7 Å². The van der Waals surface area contributed by atoms with E-state index in [0.717, 1.165) is 53.9 Å². The third kappa shape index (κ3) is 4.28. The summed E-state index contributed by atoms with van der Waals surface area (Å²) in [5, 5.41) is 13.8. The number of ether oxygens (including phenoxy) is 2. The number of hydrogen-bond acceptors (Lipinski definition) is 6. The first-order chi connectivity index (χ1) is 13.1. The van der Waals surface area contributed by atoms with Crippen LogP contribution in [0.3, 0.4) is 0 Å². The first kappa shape index (κ1) is 17.5. The topological polar surface area (TPSA) is 76.5 Å². The zero-order chi connectivity index (χ0) is 18.7. The molecule has 6 heteroatoms. The van der Waals surface area contributed by atoms with Crippen LogP contribution in [-0.2, 0) is 0 Å². The van der Waals surface area contributed by atoms with Gasteiger partial charge >= 0.3 is 0 Å². The van der Waals surface area contributed by atoms with Gasteiger partial charge in [0.2, 0.25) is 0 Å². The Kier molecular flexibility index (Phi) is 4.81. The maximum absolute atomic E-state index is 9.86. The number of anilines is 1. The van der Waals surface area contributed by atoms with Gasteiger partial charge in [-0.05, 0) is 56.0 Å². The molecule has 1 aromatic carbocycles. The summed E-state index contributed by atoms with van der Waals surface area (Å²) in [6, 6.07) is 11.4. The Bertz CT molecular complexity index is 924. The third-order valence-electron chi connectivity index (χ3n) is 4.78. The summed E-state index contributed by atoms with van der Waals surface area (Å²) in [5.41, 5.74) is 0.395. The lowest BCUT2D eigenvalue weighted by Gasteiger charge is -2.11. The fraction of sp³-hybridized carbons (Fsp3) is 0.333. The normalized spacial score (nSPS) is 14.7. The average molecular weight is 365 g/mol. The van der Waals surface area contributed by atoms with Crippen LogP contribution in [0.2, 0.25) is 0 Å². The summed E-state index contributed by atoms with van der Waals surface area (Å²) in [6.45, 7) is 0.591. The van der Waals surface area contributed by atoms with Crippen molar-refractivity contribution in [2.24, 2.45) is 0 Å². The molecular formula is C21H23N3O3. The van der Waals surface area contributed by atoms with Crippen molar-refractivity contribution in [2.45, 2.75) is 31.3 Å². The lowest BCUT2D eigenvalue weighted by atomic mass is 10.2. The van der Waals surface area contributed by atoms with E-state index in [-0.39, 0.29) is 0 Å². The number of aromatic nitrogens is 2. The second kappa shape index (κ2) is 7.40. The van der Waals surface area contributed by atoms with Crippen LogP contribution in [0.4, 0.5) is 5.82 Å². The molecule has 3 aromatic rings. The van der Waals surface area contributed by atoms with Crippen LogP contribution < -0.4 is 14.8 Å². The highest BCUT2D eigenvalue weighted by molar-refractivity contribution is 5.86. The van der Waals surface area contributed by atoms with E-state index in [4.69, 9.17) is 9.47 Å². The van der Waals surface area contributed by atoms with Gasteiger partial charge in [0.25, 0.3) is 0 Å². The predicted molar refractivity (Wildman–Crippen MR) is 105 cm³/mol. The second-order valence-electron chi connectivity index (χ2n) is 6.90. The molecule has 1 aliphatic carbocycles. The zero-order valence-corrected chi connectivity index (χ0v) is 15.3. The van der Waals surface area contributed by atoms with Crippen LogP contribution in [-0.4, -0.2) is 34.3 Å². The molecule has 0 spiro atoms. The molecular weight excluding hydrogens is 342 g/mol. The number of nitrogens with zero attached hydrogens (tertiary/aromatic N) is 2. The Hall–Kier alpha value is -2.86. The second-order valence-corrected chi connectivity index (χ2v) is 6.90. The molecule has 4 rings (SSSR count). The van der Waals surface area contributed by atoms with E-state index in [1.54, 1.807) is 12.4 Å². The zero-order valence-electron chi connectivity index (χ0n) is 15.3. The van der Waals surface area contributed by atoms with E-state index in [9.17, 15) is 5.11 Å². The van der Waals surface area contributed by atoms with E-state index in [1.807, 2.05) is 43.4 Å². The standard InChI is InChI=1S/C21H23N3O3/c1-22-20-6-4-16(14-24-20)27-19-7-11-23-18-13-15(3-5-17(18)19)26-12-2-8-21(25)9-10-21/h3-7,11,13-14,25H,2,8-10,12H2,1H3,(H,22,24). The molecule has 140 valence electrons. The van der Waals surface area contributed by atoms with Crippen molar-refractivity contribution in [3.8, 4) is 17.2 Å². The van der Waals surface area contributed by atoms with Gasteiger partial charge in [-0.25, -0.2) is 4.98 Å². The molecule has 0 unspecified atom stereocenters. The average Bonchev–Trinajstić information content (AvgIpc) is 3.43. The molecule has 27 heavy (non-hydrogen) atoms. The third-order valence-corrected chi connectivity index (χ3v) is 4.78. The Morgan fingerprint density at radius 2 is 1.96 bits per heavy atom. The summed E-state index contributed by atoms with van der Waals surface area (Å²) < 4.78 is 11.8. The molecule has 0 bridgehead atoms. The van der Waals surface area contributed by atoms with Gasteiger partial charge in [-0.1, -0.05) is 0 Å². The smallest absolute Gasteiger partial charge is 0.145 e. The largest absolute Gasteiger partial charge is 0.494 e. The summed E-state index contributed by atoms with van der Waals surface area (Å²) in [7, 11) is 1.83. The number of benzene rings is 1. The maximum Gasteiger partial charge on any atom is 0.145 e. The van der Waals surface area contributed by atoms with Crippen molar-refractivity contribution in [2.75, 3.05) is 19.0 Å². The van der Waals surface area contributed by atoms with Crippen LogP contribution in [0, 0.1) is 0 Å². The van der Waals surface area contributed by atoms with Gasteiger partial charge in [-0.2, -0.15) is 0 Å². The van der Waals surface area contributed by atoms with Crippen molar-refractivity contribution in [1.82, 2.24) is 9.97 Å². The van der Waals surface area contributed by atoms with Crippen molar-refractivity contribution < 1.29 is 14.6 Å². The lowest BCUT2D eigenvalue weighted by molar-refractivity contribution is 0.129. The molecule has 0 atom stereocenters. The highest BCUT2D eigenvalue weighted by atomic mass is 16.5. The Labute approximate surface area is 158 Å². The minimum absolute atomic E-state index is 0.416. The van der Waals surface area contributed by atoms with E-state index in [1.165, 1.54) is 0 Å². The molecule has 0 aliphatic heterocycles. The summed E-state index contributed by atoms with van der Waals surface area (Å²) in [4.78, 5) is 8.68. The molecule has 0 radical (unpaired) electrons. The Morgan fingerprint density at radius 3 is 2.70 bits per heavy atom. The van der Waals surface area contributed by atoms with E-state index < -0.39 is 5.60 Å². The van der Waals surface area contributed by atoms with Crippen LogP contribution in [0.25, 0.3) is 10.9 Å². The minimum Gasteiger partial charge on any atom is -0.494 e. The molecule has 2 N–H and O–H groups in total. The SMILES string of the molecule is CNc1ccc(Oc2ccnc3cc(OCCCC4(O)CC4)ccc23)cn1. The quantitative estimate of drug-likeness (QED) is 0.584. The Balaban J connectivity index is 1.44. The number of pyridine rings is 2. The maximum atomic E-state index is 9.86. The first-order valence-corrected chi connectivity index (χ1v) is 9.21. The predicted octanol–water partition coefficient (Wildman–Crippen LogP) is 4.15. The van der Waals surface area contributed by atoms with Crippen molar-refractivity contribution in [3.63, 3.8) is 0 Å². The van der Waals surface area contributed by atoms with Gasteiger partial charge in [0.1, 0.15) is 23.1 Å². The van der Waals surface area contributed by atoms with Gasteiger partial charge in [0.15, 0.2) is 0 Å². The summed E-state index contributed by atoms with van der Waals surface area (Å²) in [5.74, 6) is 2.95. The lowest BCUT2D eigenvalue weighted by Crippen LogP contribution is -2.09. The summed E-state index contributed by atoms with van der Waals surface area (Å²) >= 11 is 0. The first-order valence-electron chi connectivity index (χ1n) is 9.21. The van der Waals surface area contributed by atoms with Gasteiger partial charge < -0.3 is 19.9 Å². The van der Waals surface area contributed by atoms with Crippen LogP contribution in [0.15, 0.2) is 48.8 Å². The molecule has 1 aliphatic rings. The van der Waals surface area contributed by atoms with Crippen LogP contribution >= 0.6 is 0 Å². The monoisotopic (exact) mass is 365 g/mol. The number of rotatable bonds is 8. The molecule has 2 heterocycles. The highest BCUT2D eigenvalue weighted by Crippen LogP contribution is 2.39. The number of fused-ring (bicyclic) bond motifs is 1. The Morgan fingerprint density at radius 1 is 1.11 bits per heavy atom. The molecule has 2 aromatic heterocycles. The fourth-order valence-corrected chi connectivity index (χ4v) is 2.98. The van der Waals surface area contributed by atoms with Gasteiger partial charge in [0.05, 0.1) is 23.9 Å². The minimum atomic E-state index is -0.416.